The third kappa shape index (κ3) is 3.17. The van der Waals surface area contributed by atoms with Crippen molar-refractivity contribution in [3.8, 4) is 0 Å². The first-order chi connectivity index (χ1) is 8.47. The normalized spacial score (nSPS) is 28.7. The van der Waals surface area contributed by atoms with E-state index in [1.54, 1.807) is 0 Å². The maximum atomic E-state index is 12.7. The Kier molecular flexibility index (Phi) is 3.87. The number of amides is 1. The minimum Gasteiger partial charge on any atom is -0.396 e. The van der Waals surface area contributed by atoms with E-state index in [2.05, 4.69) is 5.32 Å². The summed E-state index contributed by atoms with van der Waals surface area (Å²) in [7, 11) is 0. The van der Waals surface area contributed by atoms with Crippen LogP contribution in [-0.4, -0.2) is 43.3 Å². The molecular formula is C12H19F2NO3. The lowest BCUT2D eigenvalue weighted by atomic mass is 9.81. The Morgan fingerprint density at radius 1 is 1.39 bits per heavy atom. The van der Waals surface area contributed by atoms with E-state index in [0.717, 1.165) is 0 Å². The third-order valence-corrected chi connectivity index (χ3v) is 3.94. The number of aliphatic hydroxyl groups excluding tert-OH is 1. The highest BCUT2D eigenvalue weighted by Gasteiger charge is 2.57. The Balaban J connectivity index is 1.74. The molecule has 0 bridgehead atoms. The lowest BCUT2D eigenvalue weighted by molar-refractivity contribution is -0.123. The molecule has 1 unspecified atom stereocenters. The Morgan fingerprint density at radius 2 is 2.00 bits per heavy atom. The van der Waals surface area contributed by atoms with E-state index in [1.807, 2.05) is 0 Å². The summed E-state index contributed by atoms with van der Waals surface area (Å²) in [5.41, 5.74) is -0.347. The second-order valence-electron chi connectivity index (χ2n) is 5.41. The molecule has 18 heavy (non-hydrogen) atoms. The van der Waals surface area contributed by atoms with Gasteiger partial charge in [0.2, 0.25) is 5.91 Å². The SMILES string of the molecule is O=C(CC1CC1(F)F)NCC1(CO)CCOCC1. The van der Waals surface area contributed by atoms with Crippen LogP contribution in [0.1, 0.15) is 25.7 Å². The average Bonchev–Trinajstić information content (AvgIpc) is 2.95. The van der Waals surface area contributed by atoms with Crippen LogP contribution in [0.25, 0.3) is 0 Å². The summed E-state index contributed by atoms with van der Waals surface area (Å²) in [5.74, 6) is -3.79. The van der Waals surface area contributed by atoms with Gasteiger partial charge in [-0.2, -0.15) is 0 Å². The number of aliphatic hydroxyl groups is 1. The van der Waals surface area contributed by atoms with Gasteiger partial charge in [-0.25, -0.2) is 8.78 Å². The van der Waals surface area contributed by atoms with Crippen LogP contribution >= 0.6 is 0 Å². The summed E-state index contributed by atoms with van der Waals surface area (Å²) in [6.07, 6.45) is 1.07. The van der Waals surface area contributed by atoms with Gasteiger partial charge in [0.15, 0.2) is 0 Å². The number of ether oxygens (including phenoxy) is 1. The Morgan fingerprint density at radius 3 is 2.50 bits per heavy atom. The fourth-order valence-electron chi connectivity index (χ4n) is 2.27. The zero-order chi connectivity index (χ0) is 13.2. The number of carbonyl (C=O) groups excluding carboxylic acids is 1. The molecule has 4 nitrogen and oxygen atoms in total. The second kappa shape index (κ2) is 5.09. The summed E-state index contributed by atoms with van der Waals surface area (Å²) in [4.78, 5) is 11.5. The molecule has 0 aromatic carbocycles. The molecule has 1 heterocycles. The van der Waals surface area contributed by atoms with Crippen molar-refractivity contribution in [1.82, 2.24) is 5.32 Å². The van der Waals surface area contributed by atoms with Crippen LogP contribution in [0.4, 0.5) is 8.78 Å². The van der Waals surface area contributed by atoms with Crippen LogP contribution < -0.4 is 5.32 Å². The van der Waals surface area contributed by atoms with Crippen LogP contribution in [0.15, 0.2) is 0 Å². The van der Waals surface area contributed by atoms with Crippen molar-refractivity contribution in [2.24, 2.45) is 11.3 Å². The van der Waals surface area contributed by atoms with Gasteiger partial charge in [0.1, 0.15) is 0 Å². The van der Waals surface area contributed by atoms with E-state index in [0.29, 0.717) is 32.6 Å². The molecule has 6 heteroatoms. The van der Waals surface area contributed by atoms with Gasteiger partial charge in [0.25, 0.3) is 5.92 Å². The first-order valence-corrected chi connectivity index (χ1v) is 6.31. The number of hydrogen-bond donors (Lipinski definition) is 2. The first kappa shape index (κ1) is 13.7. The number of hydrogen-bond acceptors (Lipinski definition) is 3. The van der Waals surface area contributed by atoms with Crippen molar-refractivity contribution in [2.75, 3.05) is 26.4 Å². The lowest BCUT2D eigenvalue weighted by Gasteiger charge is -2.35. The molecule has 1 amide bonds. The highest BCUT2D eigenvalue weighted by molar-refractivity contribution is 5.76. The number of rotatable bonds is 5. The van der Waals surface area contributed by atoms with Gasteiger partial charge in [0.05, 0.1) is 6.61 Å². The zero-order valence-corrected chi connectivity index (χ0v) is 10.3. The molecule has 0 aromatic heterocycles. The number of nitrogens with one attached hydrogen (secondary N) is 1. The Hall–Kier alpha value is -0.750. The van der Waals surface area contributed by atoms with Crippen molar-refractivity contribution in [3.63, 3.8) is 0 Å². The van der Waals surface area contributed by atoms with Gasteiger partial charge in [0, 0.05) is 43.9 Å². The average molecular weight is 263 g/mol. The summed E-state index contributed by atoms with van der Waals surface area (Å²) >= 11 is 0. The van der Waals surface area contributed by atoms with Gasteiger partial charge in [-0.3, -0.25) is 4.79 Å². The van der Waals surface area contributed by atoms with E-state index >= 15 is 0 Å². The molecule has 2 rings (SSSR count). The van der Waals surface area contributed by atoms with Gasteiger partial charge in [-0.1, -0.05) is 0 Å². The fraction of sp³-hybridized carbons (Fsp3) is 0.917. The van der Waals surface area contributed by atoms with Crippen molar-refractivity contribution >= 4 is 5.91 Å². The van der Waals surface area contributed by atoms with Gasteiger partial charge < -0.3 is 15.2 Å². The van der Waals surface area contributed by atoms with Crippen LogP contribution in [0, 0.1) is 11.3 Å². The largest absolute Gasteiger partial charge is 0.396 e. The minimum atomic E-state index is -2.65. The Labute approximate surface area is 105 Å². The first-order valence-electron chi connectivity index (χ1n) is 6.31. The molecule has 0 aromatic rings. The highest BCUT2D eigenvalue weighted by Crippen LogP contribution is 2.50. The monoisotopic (exact) mass is 263 g/mol. The van der Waals surface area contributed by atoms with Gasteiger partial charge in [-0.15, -0.1) is 0 Å². The molecule has 0 spiro atoms. The lowest BCUT2D eigenvalue weighted by Crippen LogP contribution is -2.43. The molecule has 2 fully saturated rings. The van der Waals surface area contributed by atoms with Gasteiger partial charge in [-0.05, 0) is 12.8 Å². The topological polar surface area (TPSA) is 58.6 Å². The third-order valence-electron chi connectivity index (χ3n) is 3.94. The fourth-order valence-corrected chi connectivity index (χ4v) is 2.27. The summed E-state index contributed by atoms with van der Waals surface area (Å²) in [6, 6.07) is 0. The van der Waals surface area contributed by atoms with Crippen molar-refractivity contribution in [3.05, 3.63) is 0 Å². The standard InChI is InChI=1S/C12H19F2NO3/c13-12(14)6-9(12)5-10(17)15-7-11(8-16)1-3-18-4-2-11/h9,16H,1-8H2,(H,15,17). The van der Waals surface area contributed by atoms with Crippen LogP contribution in [0.2, 0.25) is 0 Å². The van der Waals surface area contributed by atoms with E-state index in [9.17, 15) is 18.7 Å². The number of carbonyl (C=O) groups is 1. The molecule has 1 aliphatic carbocycles. The van der Waals surface area contributed by atoms with Crippen molar-refractivity contribution in [2.45, 2.75) is 31.6 Å². The van der Waals surface area contributed by atoms with Crippen molar-refractivity contribution in [1.29, 1.82) is 0 Å². The number of alkyl halides is 2. The van der Waals surface area contributed by atoms with Crippen LogP contribution in [-0.2, 0) is 9.53 Å². The molecular weight excluding hydrogens is 244 g/mol. The molecule has 1 atom stereocenters. The van der Waals surface area contributed by atoms with E-state index in [-0.39, 0.29) is 30.8 Å². The maximum absolute atomic E-state index is 12.7. The molecule has 2 N–H and O–H groups in total. The van der Waals surface area contributed by atoms with E-state index in [4.69, 9.17) is 4.74 Å². The smallest absolute Gasteiger partial charge is 0.252 e. The maximum Gasteiger partial charge on any atom is 0.252 e. The molecule has 104 valence electrons. The quantitative estimate of drug-likeness (QED) is 0.776. The van der Waals surface area contributed by atoms with Crippen molar-refractivity contribution < 1.29 is 23.4 Å². The molecule has 2 aliphatic rings. The van der Waals surface area contributed by atoms with Crippen LogP contribution in [0.3, 0.4) is 0 Å². The summed E-state index contributed by atoms with van der Waals surface area (Å²) < 4.78 is 30.5. The predicted molar refractivity (Wildman–Crippen MR) is 60.3 cm³/mol. The highest BCUT2D eigenvalue weighted by atomic mass is 19.3. The molecule has 1 saturated carbocycles. The van der Waals surface area contributed by atoms with Crippen LogP contribution in [0.5, 0.6) is 0 Å². The number of halogens is 2. The summed E-state index contributed by atoms with van der Waals surface area (Å²) in [5, 5.41) is 12.1. The second-order valence-corrected chi connectivity index (χ2v) is 5.41. The van der Waals surface area contributed by atoms with E-state index < -0.39 is 11.8 Å². The molecule has 1 aliphatic heterocycles. The predicted octanol–water partition coefficient (Wildman–Crippen LogP) is 0.937. The Bertz CT molecular complexity index is 316. The minimum absolute atomic E-state index is 0.0176. The summed E-state index contributed by atoms with van der Waals surface area (Å²) in [6.45, 7) is 1.45. The zero-order valence-electron chi connectivity index (χ0n) is 10.3. The molecule has 1 saturated heterocycles. The van der Waals surface area contributed by atoms with E-state index in [1.165, 1.54) is 0 Å². The van der Waals surface area contributed by atoms with Gasteiger partial charge >= 0.3 is 0 Å². The molecule has 0 radical (unpaired) electrons.